The summed E-state index contributed by atoms with van der Waals surface area (Å²) in [5, 5.41) is 7.34. The average molecular weight is 455 g/mol. The van der Waals surface area contributed by atoms with Crippen LogP contribution in [0.4, 0.5) is 5.13 Å². The monoisotopic (exact) mass is 454 g/mol. The molecule has 0 aliphatic rings. The summed E-state index contributed by atoms with van der Waals surface area (Å²) >= 11 is 2.94. The number of Topliss-reactive ketones (excluding diaryl/α,β-unsaturated/α-hetero) is 1. The minimum Gasteiger partial charge on any atom is -0.295 e. The molecule has 0 radical (unpaired) electrons. The highest BCUT2D eigenvalue weighted by atomic mass is 32.2. The van der Waals surface area contributed by atoms with Gasteiger partial charge in [0, 0.05) is 11.1 Å². The lowest BCUT2D eigenvalue weighted by Gasteiger charge is -2.04. The van der Waals surface area contributed by atoms with Crippen molar-refractivity contribution in [2.45, 2.75) is 4.21 Å². The van der Waals surface area contributed by atoms with Crippen LogP contribution in [-0.2, 0) is 4.79 Å². The summed E-state index contributed by atoms with van der Waals surface area (Å²) in [6.45, 7) is 0. The van der Waals surface area contributed by atoms with Crippen LogP contribution in [0.3, 0.4) is 0 Å². The second-order valence-electron chi connectivity index (χ2n) is 7.27. The lowest BCUT2D eigenvalue weighted by Crippen LogP contribution is -2.22. The molecule has 4 aromatic carbocycles. The largest absolute Gasteiger partial charge is 0.298 e. The molecule has 0 unspecified atom stereocenters. The number of hydrogen-bond donors (Lipinski definition) is 1. The summed E-state index contributed by atoms with van der Waals surface area (Å²) in [5.74, 6) is -1.27. The molecule has 0 spiro atoms. The van der Waals surface area contributed by atoms with Gasteiger partial charge in [0.2, 0.25) is 0 Å². The van der Waals surface area contributed by atoms with Gasteiger partial charge in [-0.05, 0) is 39.9 Å². The molecule has 5 rings (SSSR count). The van der Waals surface area contributed by atoms with Gasteiger partial charge >= 0.3 is 0 Å². The Balaban J connectivity index is 1.41. The van der Waals surface area contributed by atoms with Gasteiger partial charge in [-0.15, -0.1) is 11.8 Å². The third-order valence-electron chi connectivity index (χ3n) is 5.24. The van der Waals surface area contributed by atoms with Gasteiger partial charge in [-0.1, -0.05) is 84.1 Å². The fourth-order valence-electron chi connectivity index (χ4n) is 3.63. The Bertz CT molecular complexity index is 1490. The molecule has 6 heteroatoms. The van der Waals surface area contributed by atoms with E-state index in [0.29, 0.717) is 10.7 Å². The summed E-state index contributed by atoms with van der Waals surface area (Å²) in [6.07, 6.45) is 1.98. The van der Waals surface area contributed by atoms with E-state index in [1.807, 2.05) is 54.8 Å². The molecule has 0 bridgehead atoms. The van der Waals surface area contributed by atoms with E-state index in [2.05, 4.69) is 34.6 Å². The number of rotatable bonds is 5. The first kappa shape index (κ1) is 20.4. The van der Waals surface area contributed by atoms with Crippen molar-refractivity contribution in [1.82, 2.24) is 4.98 Å². The van der Waals surface area contributed by atoms with Crippen molar-refractivity contribution in [3.63, 3.8) is 0 Å². The smallest absolute Gasteiger partial charge is 0.295 e. The number of carbonyl (C=O) groups excluding carboxylic acids is 2. The van der Waals surface area contributed by atoms with Crippen LogP contribution in [-0.4, -0.2) is 22.9 Å². The highest BCUT2D eigenvalue weighted by molar-refractivity contribution is 8.00. The lowest BCUT2D eigenvalue weighted by molar-refractivity contribution is -0.112. The van der Waals surface area contributed by atoms with Crippen LogP contribution in [0.5, 0.6) is 0 Å². The van der Waals surface area contributed by atoms with Gasteiger partial charge in [-0.25, -0.2) is 4.98 Å². The van der Waals surface area contributed by atoms with Crippen LogP contribution in [0.1, 0.15) is 10.4 Å². The minimum absolute atomic E-state index is 0.359. The van der Waals surface area contributed by atoms with Crippen LogP contribution in [0, 0.1) is 0 Å². The molecule has 0 aliphatic carbocycles. The number of aromatic nitrogens is 1. The number of nitrogens with one attached hydrogen (secondary N) is 1. The molecule has 1 heterocycles. The number of amides is 1. The van der Waals surface area contributed by atoms with Gasteiger partial charge in [-0.2, -0.15) is 0 Å². The molecule has 0 aliphatic heterocycles. The Morgan fingerprint density at radius 3 is 2.12 bits per heavy atom. The number of thiazole rings is 1. The van der Waals surface area contributed by atoms with E-state index in [0.717, 1.165) is 37.0 Å². The number of thioether (sulfide) groups is 1. The molecule has 4 nitrogen and oxygen atoms in total. The summed E-state index contributed by atoms with van der Waals surface area (Å²) in [5.41, 5.74) is 2.14. The van der Waals surface area contributed by atoms with E-state index in [-0.39, 0.29) is 0 Å². The van der Waals surface area contributed by atoms with Gasteiger partial charge in [0.1, 0.15) is 0 Å². The minimum atomic E-state index is -0.688. The first-order valence-electron chi connectivity index (χ1n) is 10.0. The Hall–Kier alpha value is -3.48. The normalized spacial score (nSPS) is 11.0. The van der Waals surface area contributed by atoms with E-state index >= 15 is 0 Å². The standard InChI is InChI=1S/C26H18N2O2S2/c1-31-25-22(20-12-10-16-6-2-4-8-18(16)14-20)27-26(32-25)28-24(30)23(29)21-13-11-17-7-3-5-9-19(17)15-21/h2-15H,1H3,(H,27,28,30). The van der Waals surface area contributed by atoms with Gasteiger partial charge < -0.3 is 0 Å². The van der Waals surface area contributed by atoms with Crippen molar-refractivity contribution in [3.05, 3.63) is 90.5 Å². The zero-order valence-corrected chi connectivity index (χ0v) is 18.8. The molecular weight excluding hydrogens is 436 g/mol. The van der Waals surface area contributed by atoms with Crippen LogP contribution in [0.15, 0.2) is 89.1 Å². The number of hydrogen-bond acceptors (Lipinski definition) is 5. The molecule has 0 saturated heterocycles. The molecule has 0 atom stereocenters. The number of anilines is 1. The second-order valence-corrected chi connectivity index (χ2v) is 9.34. The van der Waals surface area contributed by atoms with Crippen LogP contribution in [0.25, 0.3) is 32.8 Å². The van der Waals surface area contributed by atoms with Crippen LogP contribution in [0.2, 0.25) is 0 Å². The van der Waals surface area contributed by atoms with Crippen molar-refractivity contribution < 1.29 is 9.59 Å². The Morgan fingerprint density at radius 1 is 0.812 bits per heavy atom. The maximum atomic E-state index is 12.7. The first-order valence-corrected chi connectivity index (χ1v) is 12.0. The van der Waals surface area contributed by atoms with E-state index in [4.69, 9.17) is 0 Å². The topological polar surface area (TPSA) is 59.1 Å². The molecular formula is C26H18N2O2S2. The zero-order valence-electron chi connectivity index (χ0n) is 17.2. The van der Waals surface area contributed by atoms with Gasteiger partial charge in [0.25, 0.3) is 11.7 Å². The maximum Gasteiger partial charge on any atom is 0.298 e. The molecule has 1 aromatic heterocycles. The fraction of sp³-hybridized carbons (Fsp3) is 0.0385. The van der Waals surface area contributed by atoms with Gasteiger partial charge in [0.15, 0.2) is 5.13 Å². The Kier molecular flexibility index (Phi) is 5.47. The molecule has 32 heavy (non-hydrogen) atoms. The predicted molar refractivity (Wildman–Crippen MR) is 134 cm³/mol. The lowest BCUT2D eigenvalue weighted by atomic mass is 10.0. The molecule has 5 aromatic rings. The molecule has 0 fully saturated rings. The number of carbonyl (C=O) groups is 2. The van der Waals surface area contributed by atoms with Gasteiger partial charge in [-0.3, -0.25) is 14.9 Å². The summed E-state index contributed by atoms with van der Waals surface area (Å²) < 4.78 is 0.980. The van der Waals surface area contributed by atoms with Crippen molar-refractivity contribution in [2.24, 2.45) is 0 Å². The summed E-state index contributed by atoms with van der Waals surface area (Å²) in [4.78, 5) is 30.0. The molecule has 0 saturated carbocycles. The highest BCUT2D eigenvalue weighted by Gasteiger charge is 2.20. The first-order chi connectivity index (χ1) is 15.6. The zero-order chi connectivity index (χ0) is 22.1. The van der Waals surface area contributed by atoms with Crippen molar-refractivity contribution >= 4 is 61.5 Å². The molecule has 156 valence electrons. The number of nitrogens with zero attached hydrogens (tertiary/aromatic N) is 1. The quantitative estimate of drug-likeness (QED) is 0.183. The SMILES string of the molecule is CSc1sc(NC(=O)C(=O)c2ccc3ccccc3c2)nc1-c1ccc2ccccc2c1. The predicted octanol–water partition coefficient (Wildman–Crippen LogP) is 6.66. The Morgan fingerprint density at radius 2 is 1.44 bits per heavy atom. The number of ketones is 1. The molecule has 1 N–H and O–H groups in total. The van der Waals surface area contributed by atoms with Crippen molar-refractivity contribution in [3.8, 4) is 11.3 Å². The fourth-order valence-corrected chi connectivity index (χ4v) is 5.28. The van der Waals surface area contributed by atoms with E-state index in [9.17, 15) is 9.59 Å². The van der Waals surface area contributed by atoms with E-state index < -0.39 is 11.7 Å². The molecule has 1 amide bonds. The number of fused-ring (bicyclic) bond motifs is 2. The van der Waals surface area contributed by atoms with E-state index in [1.165, 1.54) is 11.3 Å². The summed E-state index contributed by atoms with van der Waals surface area (Å²) in [6, 6.07) is 27.4. The van der Waals surface area contributed by atoms with E-state index in [1.54, 1.807) is 23.9 Å². The van der Waals surface area contributed by atoms with Crippen molar-refractivity contribution in [2.75, 3.05) is 11.6 Å². The number of benzene rings is 4. The average Bonchev–Trinajstić information content (AvgIpc) is 3.25. The Labute approximate surface area is 193 Å². The highest BCUT2D eigenvalue weighted by Crippen LogP contribution is 2.38. The summed E-state index contributed by atoms with van der Waals surface area (Å²) in [7, 11) is 0. The van der Waals surface area contributed by atoms with Crippen LogP contribution < -0.4 is 5.32 Å². The maximum absolute atomic E-state index is 12.7. The van der Waals surface area contributed by atoms with Crippen molar-refractivity contribution in [1.29, 1.82) is 0 Å². The van der Waals surface area contributed by atoms with Gasteiger partial charge in [0.05, 0.1) is 9.90 Å². The second kappa shape index (κ2) is 8.57. The third kappa shape index (κ3) is 3.90. The van der Waals surface area contributed by atoms with Crippen LogP contribution >= 0.6 is 23.1 Å². The third-order valence-corrected chi connectivity index (χ3v) is 7.32.